The van der Waals surface area contributed by atoms with Gasteiger partial charge in [0.15, 0.2) is 30.3 Å². The highest BCUT2D eigenvalue weighted by molar-refractivity contribution is 5.92. The molecule has 54 heavy (non-hydrogen) atoms. The zero-order valence-corrected chi connectivity index (χ0v) is 32.5. The first-order valence-corrected chi connectivity index (χ1v) is 19.7. The molecule has 5 fully saturated rings. The van der Waals surface area contributed by atoms with E-state index in [-0.39, 0.29) is 24.0 Å². The predicted octanol–water partition coefficient (Wildman–Crippen LogP) is 3.17. The molecule has 1 aromatic rings. The molecule has 4 N–H and O–H groups in total. The van der Waals surface area contributed by atoms with E-state index in [1.54, 1.807) is 27.0 Å². The first kappa shape index (κ1) is 40.4. The second-order valence-corrected chi connectivity index (χ2v) is 16.7. The average molecular weight is 765 g/mol. The Bertz CT molecular complexity index is 1490. The lowest BCUT2D eigenvalue weighted by molar-refractivity contribution is -0.338. The van der Waals surface area contributed by atoms with Crippen molar-refractivity contribution in [2.75, 3.05) is 14.2 Å². The van der Waals surface area contributed by atoms with Crippen molar-refractivity contribution in [1.29, 1.82) is 0 Å². The van der Waals surface area contributed by atoms with Gasteiger partial charge in [-0.2, -0.15) is 0 Å². The minimum Gasteiger partial charge on any atom is -0.469 e. The molecule has 0 amide bonds. The lowest BCUT2D eigenvalue weighted by Gasteiger charge is -2.55. The average Bonchev–Trinajstić information content (AvgIpc) is 3.57. The molecule has 3 saturated heterocycles. The van der Waals surface area contributed by atoms with E-state index in [1.807, 2.05) is 13.8 Å². The first-order valence-electron chi connectivity index (χ1n) is 19.7. The van der Waals surface area contributed by atoms with Crippen molar-refractivity contribution in [3.63, 3.8) is 0 Å². The van der Waals surface area contributed by atoms with Gasteiger partial charge in [0, 0.05) is 45.0 Å². The molecule has 304 valence electrons. The summed E-state index contributed by atoms with van der Waals surface area (Å²) in [5, 5.41) is 44.6. The molecule has 0 bridgehead atoms. The van der Waals surface area contributed by atoms with Crippen LogP contribution < -0.4 is 0 Å². The Kier molecular flexibility index (Phi) is 11.9. The Balaban J connectivity index is 0.940. The van der Waals surface area contributed by atoms with Crippen LogP contribution in [0.3, 0.4) is 0 Å². The van der Waals surface area contributed by atoms with Crippen LogP contribution in [0.5, 0.6) is 0 Å². The highest BCUT2D eigenvalue weighted by Crippen LogP contribution is 2.58. The first-order chi connectivity index (χ1) is 25.7. The minimum absolute atomic E-state index is 0.00114. The van der Waals surface area contributed by atoms with Gasteiger partial charge in [0.1, 0.15) is 24.1 Å². The number of carbonyl (C=O) groups is 1. The van der Waals surface area contributed by atoms with E-state index in [1.165, 1.54) is 18.9 Å². The summed E-state index contributed by atoms with van der Waals surface area (Å²) in [6.45, 7) is 9.36. The van der Waals surface area contributed by atoms with Crippen molar-refractivity contribution in [1.82, 2.24) is 0 Å². The Morgan fingerprint density at radius 3 is 2.11 bits per heavy atom. The summed E-state index contributed by atoms with van der Waals surface area (Å²) in [5.74, 6) is 0.0491. The second-order valence-electron chi connectivity index (χ2n) is 16.7. The fraction of sp³-hybridized carbons (Fsp3) is 0.825. The highest BCUT2D eigenvalue weighted by Gasteiger charge is 2.58. The number of aryl methyl sites for hydroxylation is 1. The molecule has 3 aliphatic heterocycles. The van der Waals surface area contributed by atoms with E-state index in [9.17, 15) is 25.2 Å². The van der Waals surface area contributed by atoms with Gasteiger partial charge in [-0.1, -0.05) is 18.6 Å². The maximum absolute atomic E-state index is 13.9. The standard InChI is InChI=1S/C40H60O14/c1-19-25(11-13-48-19)40(45)12-10-26-24(38(40)44)9-8-23-14-29(28(42)18-39(23,26)5)52-33-17-31(47-7)37(22(4)51-33)54-32-15-27(41)36(21(3)50-32)53-34-16-30(46-6)35(43)20(2)49-34/h8,11,13,20-22,24,26-37,41-43,45H,9-10,12,14-18H2,1-7H3/t20-,21+,22-,24+,26+,27-,28+,29-,30+,31+,32+,33-,34+,35-,36+,37+,39+,40+/m0/s1. The molecule has 4 heterocycles. The maximum atomic E-state index is 13.9. The molecule has 3 aliphatic carbocycles. The van der Waals surface area contributed by atoms with Crippen LogP contribution in [0, 0.1) is 24.2 Å². The van der Waals surface area contributed by atoms with Crippen molar-refractivity contribution in [3.05, 3.63) is 35.3 Å². The molecule has 14 heteroatoms. The van der Waals surface area contributed by atoms with Crippen LogP contribution in [0.2, 0.25) is 0 Å². The largest absolute Gasteiger partial charge is 0.469 e. The van der Waals surface area contributed by atoms with Crippen LogP contribution in [0.1, 0.15) is 90.4 Å². The van der Waals surface area contributed by atoms with E-state index in [2.05, 4.69) is 13.0 Å². The zero-order chi connectivity index (χ0) is 38.7. The van der Waals surface area contributed by atoms with E-state index in [4.69, 9.17) is 42.3 Å². The number of Topliss-reactive ketones (excluding diaryl/α,β-unsaturated/α-hetero) is 1. The SMILES string of the molecule is CO[C@@H]1C[C@@H](O[C@H]2[C@@H](O)C[C@@H](O[C@@H]3[C@H](C)O[C@@H](O[C@H]4CC5=CC[C@H]6C(=O)[C@](O)(c7ccoc7C)CC[C@H]6[C@]5(C)C[C@H]4O)C[C@H]3OC)O[C@@H]2C)O[C@@H](C)[C@@H]1O. The number of ether oxygens (including phenoxy) is 8. The Labute approximate surface area is 317 Å². The predicted molar refractivity (Wildman–Crippen MR) is 190 cm³/mol. The highest BCUT2D eigenvalue weighted by atomic mass is 16.7. The van der Waals surface area contributed by atoms with E-state index >= 15 is 0 Å². The summed E-state index contributed by atoms with van der Waals surface area (Å²) < 4.78 is 54.1. The number of furan rings is 1. The van der Waals surface area contributed by atoms with Gasteiger partial charge in [-0.25, -0.2) is 0 Å². The fourth-order valence-electron chi connectivity index (χ4n) is 10.4. The van der Waals surface area contributed by atoms with Crippen LogP contribution in [0.4, 0.5) is 0 Å². The van der Waals surface area contributed by atoms with Gasteiger partial charge < -0.3 is 62.7 Å². The zero-order valence-electron chi connectivity index (χ0n) is 32.5. The van der Waals surface area contributed by atoms with Crippen LogP contribution in [-0.4, -0.2) is 126 Å². The second kappa shape index (κ2) is 15.9. The lowest BCUT2D eigenvalue weighted by Crippen LogP contribution is -2.57. The summed E-state index contributed by atoms with van der Waals surface area (Å²) in [5.41, 5.74) is -0.237. The van der Waals surface area contributed by atoms with Gasteiger partial charge in [-0.15, -0.1) is 0 Å². The number of ketones is 1. The van der Waals surface area contributed by atoms with Crippen LogP contribution in [0.25, 0.3) is 0 Å². The molecule has 0 spiro atoms. The normalized spacial score (nSPS) is 48.5. The molecule has 18 atom stereocenters. The number of allylic oxidation sites excluding steroid dienone is 1. The minimum atomic E-state index is -1.56. The van der Waals surface area contributed by atoms with Crippen molar-refractivity contribution in [3.8, 4) is 0 Å². The number of hydrogen-bond donors (Lipinski definition) is 4. The van der Waals surface area contributed by atoms with Crippen molar-refractivity contribution >= 4 is 5.78 Å². The summed E-state index contributed by atoms with van der Waals surface area (Å²) in [6.07, 6.45) is -1.61. The molecular weight excluding hydrogens is 704 g/mol. The third kappa shape index (κ3) is 7.40. The Hall–Kier alpha value is -1.79. The van der Waals surface area contributed by atoms with Crippen LogP contribution in [0.15, 0.2) is 28.4 Å². The van der Waals surface area contributed by atoms with Crippen molar-refractivity contribution in [2.45, 2.75) is 178 Å². The van der Waals surface area contributed by atoms with Crippen molar-refractivity contribution in [2.24, 2.45) is 17.3 Å². The van der Waals surface area contributed by atoms with E-state index in [0.29, 0.717) is 56.3 Å². The summed E-state index contributed by atoms with van der Waals surface area (Å²) in [4.78, 5) is 13.9. The molecular formula is C40H60O14. The quantitative estimate of drug-likeness (QED) is 0.269. The number of carbonyl (C=O) groups excluding carboxylic acids is 1. The number of methoxy groups -OCH3 is 2. The molecule has 1 aromatic heterocycles. The molecule has 6 aliphatic rings. The topological polar surface area (TPSA) is 185 Å². The smallest absolute Gasteiger partial charge is 0.172 e. The van der Waals surface area contributed by atoms with Crippen LogP contribution in [-0.2, 0) is 48.3 Å². The molecule has 14 nitrogen and oxygen atoms in total. The summed E-state index contributed by atoms with van der Waals surface area (Å²) in [6, 6.07) is 1.70. The number of aliphatic hydroxyl groups excluding tert-OH is 3. The van der Waals surface area contributed by atoms with E-state index in [0.717, 1.165) is 0 Å². The van der Waals surface area contributed by atoms with Gasteiger partial charge in [0.05, 0.1) is 55.1 Å². The summed E-state index contributed by atoms with van der Waals surface area (Å²) in [7, 11) is 3.15. The van der Waals surface area contributed by atoms with E-state index < -0.39 is 97.0 Å². The Morgan fingerprint density at radius 1 is 0.815 bits per heavy atom. The van der Waals surface area contributed by atoms with Crippen molar-refractivity contribution < 1.29 is 67.5 Å². The molecule has 0 aromatic carbocycles. The fourth-order valence-corrected chi connectivity index (χ4v) is 10.4. The van der Waals surface area contributed by atoms with Gasteiger partial charge in [-0.05, 0) is 77.2 Å². The molecule has 7 rings (SSSR count). The third-order valence-corrected chi connectivity index (χ3v) is 13.5. The number of fused-ring (bicyclic) bond motifs is 3. The van der Waals surface area contributed by atoms with Gasteiger partial charge >= 0.3 is 0 Å². The van der Waals surface area contributed by atoms with Gasteiger partial charge in [0.25, 0.3) is 0 Å². The monoisotopic (exact) mass is 764 g/mol. The number of aliphatic hydroxyl groups is 4. The number of rotatable bonds is 9. The van der Waals surface area contributed by atoms with Gasteiger partial charge in [-0.3, -0.25) is 4.79 Å². The lowest BCUT2D eigenvalue weighted by atomic mass is 9.51. The van der Waals surface area contributed by atoms with Gasteiger partial charge in [0.2, 0.25) is 0 Å². The van der Waals surface area contributed by atoms with Crippen LogP contribution >= 0.6 is 0 Å². The molecule has 2 saturated carbocycles. The molecule has 0 unspecified atom stereocenters. The molecule has 0 radical (unpaired) electrons. The Morgan fingerprint density at radius 2 is 1.44 bits per heavy atom. The summed E-state index contributed by atoms with van der Waals surface area (Å²) >= 11 is 0. The number of hydrogen-bond acceptors (Lipinski definition) is 14. The third-order valence-electron chi connectivity index (χ3n) is 13.5. The maximum Gasteiger partial charge on any atom is 0.172 e.